The Balaban J connectivity index is 2.38. The molecule has 0 aromatic heterocycles. The highest BCUT2D eigenvalue weighted by molar-refractivity contribution is 5.74. The fourth-order valence-corrected chi connectivity index (χ4v) is 1.40. The van der Waals surface area contributed by atoms with Crippen LogP contribution in [0.4, 0.5) is 0 Å². The third-order valence-corrected chi connectivity index (χ3v) is 2.14. The van der Waals surface area contributed by atoms with Gasteiger partial charge in [0.1, 0.15) is 12.4 Å². The minimum absolute atomic E-state index is 0.166. The second-order valence-electron chi connectivity index (χ2n) is 2.97. The van der Waals surface area contributed by atoms with Crippen LogP contribution in [0.15, 0.2) is 18.2 Å². The lowest BCUT2D eigenvalue weighted by Gasteiger charge is -2.16. The summed E-state index contributed by atoms with van der Waals surface area (Å²) in [6.45, 7) is 0.387. The van der Waals surface area contributed by atoms with Crippen molar-refractivity contribution in [2.75, 3.05) is 7.11 Å². The molecular formula is C10H10O3. The summed E-state index contributed by atoms with van der Waals surface area (Å²) < 4.78 is 9.96. The summed E-state index contributed by atoms with van der Waals surface area (Å²) in [7, 11) is 1.61. The SMILES string of the molecule is COc1ccc2c(c1)CC(=O)OC2. The van der Waals surface area contributed by atoms with Crippen LogP contribution in [-0.2, 0) is 22.6 Å². The van der Waals surface area contributed by atoms with E-state index >= 15 is 0 Å². The number of esters is 1. The molecule has 0 radical (unpaired) electrons. The van der Waals surface area contributed by atoms with Crippen molar-refractivity contribution in [2.24, 2.45) is 0 Å². The molecule has 3 heteroatoms. The Morgan fingerprint density at radius 3 is 3.00 bits per heavy atom. The maximum absolute atomic E-state index is 11.0. The minimum atomic E-state index is -0.166. The van der Waals surface area contributed by atoms with Crippen LogP contribution in [0.3, 0.4) is 0 Å². The molecule has 0 atom stereocenters. The standard InChI is InChI=1S/C10H10O3/c1-12-9-3-2-7-6-13-10(11)5-8(7)4-9/h2-4H,5-6H2,1H3. The fraction of sp³-hybridized carbons (Fsp3) is 0.300. The van der Waals surface area contributed by atoms with Crippen molar-refractivity contribution < 1.29 is 14.3 Å². The Labute approximate surface area is 76.3 Å². The lowest BCUT2D eigenvalue weighted by molar-refractivity contribution is -0.145. The molecule has 1 aliphatic rings. The van der Waals surface area contributed by atoms with Gasteiger partial charge in [0, 0.05) is 0 Å². The Bertz CT molecular complexity index is 344. The van der Waals surface area contributed by atoms with Crippen molar-refractivity contribution in [1.29, 1.82) is 0 Å². The molecule has 0 aliphatic carbocycles. The van der Waals surface area contributed by atoms with Crippen molar-refractivity contribution in [1.82, 2.24) is 0 Å². The molecule has 0 N–H and O–H groups in total. The average Bonchev–Trinajstić information content (AvgIpc) is 2.16. The van der Waals surface area contributed by atoms with E-state index in [1.54, 1.807) is 7.11 Å². The van der Waals surface area contributed by atoms with Gasteiger partial charge in [-0.1, -0.05) is 6.07 Å². The lowest BCUT2D eigenvalue weighted by atomic mass is 10.0. The topological polar surface area (TPSA) is 35.5 Å². The predicted octanol–water partition coefficient (Wildman–Crippen LogP) is 1.29. The van der Waals surface area contributed by atoms with E-state index in [9.17, 15) is 4.79 Å². The zero-order chi connectivity index (χ0) is 9.26. The highest BCUT2D eigenvalue weighted by atomic mass is 16.5. The molecule has 0 saturated carbocycles. The van der Waals surface area contributed by atoms with Crippen LogP contribution in [-0.4, -0.2) is 13.1 Å². The predicted molar refractivity (Wildman–Crippen MR) is 46.5 cm³/mol. The van der Waals surface area contributed by atoms with Gasteiger partial charge in [-0.3, -0.25) is 4.79 Å². The molecule has 0 amide bonds. The number of ether oxygens (including phenoxy) is 2. The molecule has 68 valence electrons. The van der Waals surface area contributed by atoms with Crippen LogP contribution in [0.5, 0.6) is 5.75 Å². The zero-order valence-corrected chi connectivity index (χ0v) is 7.37. The van der Waals surface area contributed by atoms with Gasteiger partial charge in [0.2, 0.25) is 0 Å². The molecule has 1 aliphatic heterocycles. The normalized spacial score (nSPS) is 14.7. The van der Waals surface area contributed by atoms with Crippen molar-refractivity contribution >= 4 is 5.97 Å². The Morgan fingerprint density at radius 1 is 1.38 bits per heavy atom. The van der Waals surface area contributed by atoms with Crippen molar-refractivity contribution in [3.8, 4) is 5.75 Å². The van der Waals surface area contributed by atoms with Crippen LogP contribution in [0.1, 0.15) is 11.1 Å². The maximum Gasteiger partial charge on any atom is 0.310 e. The van der Waals surface area contributed by atoms with Crippen LogP contribution in [0.2, 0.25) is 0 Å². The van der Waals surface area contributed by atoms with Gasteiger partial charge < -0.3 is 9.47 Å². The fourth-order valence-electron chi connectivity index (χ4n) is 1.40. The zero-order valence-electron chi connectivity index (χ0n) is 7.37. The van der Waals surface area contributed by atoms with Gasteiger partial charge in [0.15, 0.2) is 0 Å². The van der Waals surface area contributed by atoms with Crippen LogP contribution >= 0.6 is 0 Å². The van der Waals surface area contributed by atoms with Gasteiger partial charge in [-0.05, 0) is 23.3 Å². The molecule has 1 aromatic rings. The molecule has 3 nitrogen and oxygen atoms in total. The smallest absolute Gasteiger partial charge is 0.310 e. The number of carbonyl (C=O) groups excluding carboxylic acids is 1. The molecule has 13 heavy (non-hydrogen) atoms. The van der Waals surface area contributed by atoms with Crippen molar-refractivity contribution in [3.63, 3.8) is 0 Å². The molecule has 2 rings (SSSR count). The molecule has 0 saturated heterocycles. The number of hydrogen-bond donors (Lipinski definition) is 0. The Morgan fingerprint density at radius 2 is 2.23 bits per heavy atom. The second kappa shape index (κ2) is 3.09. The number of fused-ring (bicyclic) bond motifs is 1. The van der Waals surface area contributed by atoms with Crippen molar-refractivity contribution in [2.45, 2.75) is 13.0 Å². The van der Waals surface area contributed by atoms with Gasteiger partial charge in [0.05, 0.1) is 13.5 Å². The summed E-state index contributed by atoms with van der Waals surface area (Å²) in [4.78, 5) is 11.0. The number of rotatable bonds is 1. The number of hydrogen-bond acceptors (Lipinski definition) is 3. The third kappa shape index (κ3) is 1.49. The highest BCUT2D eigenvalue weighted by Gasteiger charge is 2.16. The van der Waals surface area contributed by atoms with E-state index in [2.05, 4.69) is 0 Å². The van der Waals surface area contributed by atoms with E-state index < -0.39 is 0 Å². The minimum Gasteiger partial charge on any atom is -0.497 e. The Kier molecular flexibility index (Phi) is 1.93. The van der Waals surface area contributed by atoms with Gasteiger partial charge in [0.25, 0.3) is 0 Å². The average molecular weight is 178 g/mol. The van der Waals surface area contributed by atoms with E-state index in [0.29, 0.717) is 13.0 Å². The van der Waals surface area contributed by atoms with Crippen molar-refractivity contribution in [3.05, 3.63) is 29.3 Å². The molecule has 0 unspecified atom stereocenters. The van der Waals surface area contributed by atoms with Gasteiger partial charge >= 0.3 is 5.97 Å². The van der Waals surface area contributed by atoms with E-state index in [1.807, 2.05) is 18.2 Å². The number of carbonyl (C=O) groups is 1. The van der Waals surface area contributed by atoms with E-state index in [0.717, 1.165) is 16.9 Å². The van der Waals surface area contributed by atoms with Crippen LogP contribution in [0.25, 0.3) is 0 Å². The molecule has 0 spiro atoms. The summed E-state index contributed by atoms with van der Waals surface area (Å²) in [5, 5.41) is 0. The number of cyclic esters (lactones) is 1. The summed E-state index contributed by atoms with van der Waals surface area (Å²) in [6.07, 6.45) is 0.354. The molecule has 0 bridgehead atoms. The van der Waals surface area contributed by atoms with Crippen LogP contribution in [0, 0.1) is 0 Å². The maximum atomic E-state index is 11.0. The van der Waals surface area contributed by atoms with Gasteiger partial charge in [-0.25, -0.2) is 0 Å². The Hall–Kier alpha value is -1.51. The quantitative estimate of drug-likeness (QED) is 0.608. The van der Waals surface area contributed by atoms with Crippen LogP contribution < -0.4 is 4.74 Å². The molecule has 0 fully saturated rings. The molecular weight excluding hydrogens is 168 g/mol. The molecule has 1 heterocycles. The number of methoxy groups -OCH3 is 1. The highest BCUT2D eigenvalue weighted by Crippen LogP contribution is 2.22. The first-order valence-electron chi connectivity index (χ1n) is 4.11. The largest absolute Gasteiger partial charge is 0.497 e. The lowest BCUT2D eigenvalue weighted by Crippen LogP contribution is -2.16. The summed E-state index contributed by atoms with van der Waals surface area (Å²) in [6, 6.07) is 5.69. The van der Waals surface area contributed by atoms with E-state index in [1.165, 1.54) is 0 Å². The summed E-state index contributed by atoms with van der Waals surface area (Å²) in [5.41, 5.74) is 2.08. The monoisotopic (exact) mass is 178 g/mol. The molecule has 1 aromatic carbocycles. The summed E-state index contributed by atoms with van der Waals surface area (Å²) >= 11 is 0. The first-order chi connectivity index (χ1) is 6.29. The van der Waals surface area contributed by atoms with E-state index in [-0.39, 0.29) is 5.97 Å². The second-order valence-corrected chi connectivity index (χ2v) is 2.97. The van der Waals surface area contributed by atoms with E-state index in [4.69, 9.17) is 9.47 Å². The first kappa shape index (κ1) is 8.10. The number of benzene rings is 1. The first-order valence-corrected chi connectivity index (χ1v) is 4.11. The third-order valence-electron chi connectivity index (χ3n) is 2.14. The summed E-state index contributed by atoms with van der Waals surface area (Å²) in [5.74, 6) is 0.620. The van der Waals surface area contributed by atoms with Gasteiger partial charge in [-0.15, -0.1) is 0 Å². The van der Waals surface area contributed by atoms with Gasteiger partial charge in [-0.2, -0.15) is 0 Å².